The van der Waals surface area contributed by atoms with E-state index in [9.17, 15) is 9.59 Å². The van der Waals surface area contributed by atoms with E-state index in [0.29, 0.717) is 17.8 Å². The minimum atomic E-state index is -0.308. The molecule has 5 nitrogen and oxygen atoms in total. The highest BCUT2D eigenvalue weighted by Gasteiger charge is 2.16. The zero-order valence-corrected chi connectivity index (χ0v) is 7.44. The molecule has 0 N–H and O–H groups in total. The Labute approximate surface area is 74.0 Å². The van der Waals surface area contributed by atoms with Gasteiger partial charge in [-0.15, -0.1) is 0 Å². The van der Waals surface area contributed by atoms with E-state index in [2.05, 4.69) is 4.99 Å². The van der Waals surface area contributed by atoms with Crippen molar-refractivity contribution in [3.63, 3.8) is 0 Å². The Balaban J connectivity index is 2.99. The number of fused-ring (bicyclic) bond motifs is 1. The van der Waals surface area contributed by atoms with Crippen LogP contribution in [0.15, 0.2) is 14.6 Å². The first-order chi connectivity index (χ1) is 6.13. The molecule has 0 unspecified atom stereocenters. The lowest BCUT2D eigenvalue weighted by molar-refractivity contribution is 0.671. The third-order valence-electron chi connectivity index (χ3n) is 2.27. The van der Waals surface area contributed by atoms with Gasteiger partial charge in [-0.05, 0) is 0 Å². The van der Waals surface area contributed by atoms with Crippen LogP contribution in [0.25, 0.3) is 0 Å². The molecule has 2 heterocycles. The lowest BCUT2D eigenvalue weighted by atomic mass is 10.2. The van der Waals surface area contributed by atoms with Crippen LogP contribution in [0.4, 0.5) is 0 Å². The maximum atomic E-state index is 11.5. The summed E-state index contributed by atoms with van der Waals surface area (Å²) in [6.45, 7) is 0.385. The summed E-state index contributed by atoms with van der Waals surface area (Å²) in [5.74, 6) is 0. The Morgan fingerprint density at radius 3 is 2.69 bits per heavy atom. The van der Waals surface area contributed by atoms with Crippen LogP contribution in [-0.2, 0) is 20.6 Å². The van der Waals surface area contributed by atoms with Gasteiger partial charge < -0.3 is 0 Å². The first-order valence-electron chi connectivity index (χ1n) is 3.91. The van der Waals surface area contributed by atoms with Gasteiger partial charge in [0.1, 0.15) is 0 Å². The van der Waals surface area contributed by atoms with Gasteiger partial charge in [0.15, 0.2) is 0 Å². The van der Waals surface area contributed by atoms with E-state index >= 15 is 0 Å². The van der Waals surface area contributed by atoms with Crippen molar-refractivity contribution in [2.24, 2.45) is 19.1 Å². The third kappa shape index (κ3) is 0.898. The number of aromatic nitrogens is 2. The second kappa shape index (κ2) is 2.42. The summed E-state index contributed by atoms with van der Waals surface area (Å²) in [5, 5.41) is 0. The SMILES string of the molecule is Cn1c2c(c(=O)n(C)c1=O)CN=C2. The maximum absolute atomic E-state index is 11.5. The number of hydrogen-bond donors (Lipinski definition) is 0. The van der Waals surface area contributed by atoms with E-state index in [4.69, 9.17) is 0 Å². The average Bonchev–Trinajstić information content (AvgIpc) is 2.59. The first-order valence-corrected chi connectivity index (χ1v) is 3.91. The van der Waals surface area contributed by atoms with Crippen LogP contribution in [0.5, 0.6) is 0 Å². The predicted molar refractivity (Wildman–Crippen MR) is 48.2 cm³/mol. The summed E-state index contributed by atoms with van der Waals surface area (Å²) in [6, 6.07) is 0. The van der Waals surface area contributed by atoms with Gasteiger partial charge in [0.2, 0.25) is 0 Å². The highest BCUT2D eigenvalue weighted by molar-refractivity contribution is 5.81. The van der Waals surface area contributed by atoms with E-state index in [1.165, 1.54) is 11.6 Å². The highest BCUT2D eigenvalue weighted by atomic mass is 16.2. The van der Waals surface area contributed by atoms with Crippen molar-refractivity contribution in [2.75, 3.05) is 0 Å². The van der Waals surface area contributed by atoms with Crippen LogP contribution in [-0.4, -0.2) is 15.3 Å². The topological polar surface area (TPSA) is 56.4 Å². The van der Waals surface area contributed by atoms with Crippen molar-refractivity contribution < 1.29 is 0 Å². The molecule has 1 aliphatic heterocycles. The van der Waals surface area contributed by atoms with Crippen LogP contribution in [0.2, 0.25) is 0 Å². The van der Waals surface area contributed by atoms with Gasteiger partial charge in [0, 0.05) is 20.3 Å². The third-order valence-corrected chi connectivity index (χ3v) is 2.27. The van der Waals surface area contributed by atoms with E-state index < -0.39 is 0 Å². The van der Waals surface area contributed by atoms with Crippen LogP contribution in [0.1, 0.15) is 11.3 Å². The molecule has 0 aromatic carbocycles. The number of rotatable bonds is 0. The van der Waals surface area contributed by atoms with E-state index in [0.717, 1.165) is 4.57 Å². The average molecular weight is 179 g/mol. The first kappa shape index (κ1) is 7.97. The standard InChI is InChI=1S/C8H9N3O2/c1-10-6-4-9-3-5(6)7(12)11(2)8(10)13/h4H,3H2,1-2H3. The van der Waals surface area contributed by atoms with Crippen molar-refractivity contribution >= 4 is 6.21 Å². The lowest BCUT2D eigenvalue weighted by Gasteiger charge is -2.06. The summed E-state index contributed by atoms with van der Waals surface area (Å²) < 4.78 is 2.54. The van der Waals surface area contributed by atoms with Gasteiger partial charge in [0.25, 0.3) is 5.56 Å². The molecule has 68 valence electrons. The molecule has 0 radical (unpaired) electrons. The van der Waals surface area contributed by atoms with E-state index in [1.807, 2.05) is 0 Å². The molecule has 1 aromatic rings. The Morgan fingerprint density at radius 2 is 2.00 bits per heavy atom. The van der Waals surface area contributed by atoms with Gasteiger partial charge in [0.05, 0.1) is 17.8 Å². The Kier molecular flexibility index (Phi) is 1.48. The normalized spacial score (nSPS) is 13.4. The van der Waals surface area contributed by atoms with Crippen molar-refractivity contribution in [1.82, 2.24) is 9.13 Å². The predicted octanol–water partition coefficient (Wildman–Crippen LogP) is -0.984. The fourth-order valence-corrected chi connectivity index (χ4v) is 1.47. The summed E-state index contributed by atoms with van der Waals surface area (Å²) in [5.41, 5.74) is 0.686. The highest BCUT2D eigenvalue weighted by Crippen LogP contribution is 2.05. The summed E-state index contributed by atoms with van der Waals surface area (Å²) in [7, 11) is 3.11. The quantitative estimate of drug-likeness (QED) is 0.513. The largest absolute Gasteiger partial charge is 0.330 e. The number of nitrogens with zero attached hydrogens (tertiary/aromatic N) is 3. The fraction of sp³-hybridized carbons (Fsp3) is 0.375. The van der Waals surface area contributed by atoms with Gasteiger partial charge in [-0.1, -0.05) is 0 Å². The van der Waals surface area contributed by atoms with Gasteiger partial charge in [-0.3, -0.25) is 18.9 Å². The van der Waals surface area contributed by atoms with Crippen LogP contribution >= 0.6 is 0 Å². The van der Waals surface area contributed by atoms with Crippen LogP contribution in [0.3, 0.4) is 0 Å². The molecule has 0 saturated heterocycles. The second-order valence-corrected chi connectivity index (χ2v) is 3.04. The molecule has 0 amide bonds. The molecule has 0 saturated carbocycles. The molecule has 1 aliphatic rings. The molecular weight excluding hydrogens is 170 g/mol. The van der Waals surface area contributed by atoms with E-state index in [1.54, 1.807) is 13.3 Å². The van der Waals surface area contributed by atoms with Crippen molar-refractivity contribution in [3.8, 4) is 0 Å². The Bertz CT molecular complexity index is 507. The van der Waals surface area contributed by atoms with E-state index in [-0.39, 0.29) is 11.2 Å². The van der Waals surface area contributed by atoms with Crippen molar-refractivity contribution in [3.05, 3.63) is 32.1 Å². The van der Waals surface area contributed by atoms with Crippen LogP contribution < -0.4 is 11.2 Å². The van der Waals surface area contributed by atoms with Crippen molar-refractivity contribution in [1.29, 1.82) is 0 Å². The molecule has 0 aliphatic carbocycles. The molecule has 0 atom stereocenters. The molecule has 1 aromatic heterocycles. The van der Waals surface area contributed by atoms with Gasteiger partial charge in [-0.2, -0.15) is 0 Å². The lowest BCUT2D eigenvalue weighted by Crippen LogP contribution is -2.40. The Hall–Kier alpha value is -1.65. The number of hydrogen-bond acceptors (Lipinski definition) is 3. The molecule has 0 bridgehead atoms. The number of aliphatic imine (C=N–C) groups is 1. The minimum absolute atomic E-state index is 0.240. The summed E-state index contributed by atoms with van der Waals surface area (Å²) >= 11 is 0. The molecular formula is C8H9N3O2. The smallest absolute Gasteiger partial charge is 0.295 e. The molecule has 2 rings (SSSR count). The molecule has 0 spiro atoms. The second-order valence-electron chi connectivity index (χ2n) is 3.04. The summed E-state index contributed by atoms with van der Waals surface area (Å²) in [6.07, 6.45) is 1.57. The fourth-order valence-electron chi connectivity index (χ4n) is 1.47. The van der Waals surface area contributed by atoms with Crippen LogP contribution in [0, 0.1) is 0 Å². The minimum Gasteiger partial charge on any atom is -0.295 e. The molecule has 5 heteroatoms. The molecule has 13 heavy (non-hydrogen) atoms. The molecule has 0 fully saturated rings. The zero-order chi connectivity index (χ0) is 9.59. The monoisotopic (exact) mass is 179 g/mol. The van der Waals surface area contributed by atoms with Gasteiger partial charge >= 0.3 is 5.69 Å². The maximum Gasteiger partial charge on any atom is 0.330 e. The van der Waals surface area contributed by atoms with Crippen molar-refractivity contribution in [2.45, 2.75) is 6.54 Å². The zero-order valence-electron chi connectivity index (χ0n) is 7.44. The Morgan fingerprint density at radius 1 is 1.31 bits per heavy atom. The summed E-state index contributed by atoms with van der Waals surface area (Å²) in [4.78, 5) is 26.9. The van der Waals surface area contributed by atoms with Gasteiger partial charge in [-0.25, -0.2) is 4.79 Å².